The van der Waals surface area contributed by atoms with E-state index in [0.717, 1.165) is 24.3 Å². The number of rotatable bonds is 3. The molecule has 0 saturated carbocycles. The second-order valence-electron chi connectivity index (χ2n) is 5.24. The minimum Gasteiger partial charge on any atom is -0.339 e. The number of aromatic nitrogens is 2. The minimum atomic E-state index is -4.43. The van der Waals surface area contributed by atoms with Crippen LogP contribution in [0.4, 0.5) is 18.9 Å². The molecule has 0 atom stereocenters. The third-order valence-electron chi connectivity index (χ3n) is 3.40. The molecule has 1 amide bonds. The Morgan fingerprint density at radius 3 is 2.20 bits per heavy atom. The maximum atomic E-state index is 12.5. The zero-order valence-electron chi connectivity index (χ0n) is 13.0. The van der Waals surface area contributed by atoms with E-state index in [1.165, 1.54) is 0 Å². The molecule has 1 heterocycles. The van der Waals surface area contributed by atoms with Crippen molar-refractivity contribution in [1.29, 1.82) is 0 Å². The van der Waals surface area contributed by atoms with E-state index in [2.05, 4.69) is 15.5 Å². The molecular formula is C17H12F3N3O2. The fraction of sp³-hybridized carbons (Fsp3) is 0.118. The molecule has 1 aromatic heterocycles. The van der Waals surface area contributed by atoms with Gasteiger partial charge in [0.25, 0.3) is 5.91 Å². The highest BCUT2D eigenvalue weighted by molar-refractivity contribution is 6.04. The Morgan fingerprint density at radius 2 is 1.68 bits per heavy atom. The van der Waals surface area contributed by atoms with Gasteiger partial charge in [-0.2, -0.15) is 18.2 Å². The van der Waals surface area contributed by atoms with Crippen molar-refractivity contribution in [2.24, 2.45) is 0 Å². The average Bonchev–Trinajstić information content (AvgIpc) is 3.01. The molecule has 0 aliphatic carbocycles. The van der Waals surface area contributed by atoms with Crippen molar-refractivity contribution in [3.05, 3.63) is 65.5 Å². The number of aryl methyl sites for hydroxylation is 1. The van der Waals surface area contributed by atoms with Crippen molar-refractivity contribution in [3.63, 3.8) is 0 Å². The molecule has 0 unspecified atom stereocenters. The van der Waals surface area contributed by atoms with Crippen LogP contribution in [0.15, 0.2) is 53.1 Å². The zero-order chi connectivity index (χ0) is 18.0. The van der Waals surface area contributed by atoms with E-state index in [1.54, 1.807) is 31.2 Å². The van der Waals surface area contributed by atoms with Gasteiger partial charge in [-0.25, -0.2) is 0 Å². The maximum Gasteiger partial charge on any atom is 0.416 e. The van der Waals surface area contributed by atoms with E-state index in [1.807, 2.05) is 0 Å². The molecule has 25 heavy (non-hydrogen) atoms. The Labute approximate surface area is 140 Å². The van der Waals surface area contributed by atoms with Gasteiger partial charge in [0.2, 0.25) is 11.7 Å². The second-order valence-corrected chi connectivity index (χ2v) is 5.24. The summed E-state index contributed by atoms with van der Waals surface area (Å²) in [7, 11) is 0. The lowest BCUT2D eigenvalue weighted by Gasteiger charge is -2.08. The molecule has 2 aromatic carbocycles. The van der Waals surface area contributed by atoms with Crippen LogP contribution in [-0.4, -0.2) is 16.0 Å². The van der Waals surface area contributed by atoms with Crippen molar-refractivity contribution in [2.45, 2.75) is 13.1 Å². The maximum absolute atomic E-state index is 12.5. The number of nitrogens with zero attached hydrogens (tertiary/aromatic N) is 2. The molecular weight excluding hydrogens is 335 g/mol. The molecule has 0 saturated heterocycles. The molecule has 0 spiro atoms. The molecule has 3 rings (SSSR count). The van der Waals surface area contributed by atoms with Crippen molar-refractivity contribution in [2.75, 3.05) is 5.32 Å². The summed E-state index contributed by atoms with van der Waals surface area (Å²) in [4.78, 5) is 16.2. The molecule has 0 radical (unpaired) electrons. The van der Waals surface area contributed by atoms with E-state index >= 15 is 0 Å². The summed E-state index contributed by atoms with van der Waals surface area (Å²) in [6.45, 7) is 1.68. The summed E-state index contributed by atoms with van der Waals surface area (Å²) in [6.07, 6.45) is -4.43. The Morgan fingerprint density at radius 1 is 1.04 bits per heavy atom. The number of anilines is 1. The van der Waals surface area contributed by atoms with Crippen molar-refractivity contribution < 1.29 is 22.5 Å². The topological polar surface area (TPSA) is 68.0 Å². The fourth-order valence-corrected chi connectivity index (χ4v) is 2.13. The lowest BCUT2D eigenvalue weighted by atomic mass is 10.1. The number of amides is 1. The Bertz CT molecular complexity index is 885. The highest BCUT2D eigenvalue weighted by Gasteiger charge is 2.30. The monoisotopic (exact) mass is 347 g/mol. The Kier molecular flexibility index (Phi) is 4.26. The summed E-state index contributed by atoms with van der Waals surface area (Å²) in [6, 6.07) is 10.7. The number of benzene rings is 2. The van der Waals surface area contributed by atoms with Crippen LogP contribution >= 0.6 is 0 Å². The molecule has 3 aromatic rings. The van der Waals surface area contributed by atoms with Crippen molar-refractivity contribution in [3.8, 4) is 11.4 Å². The average molecular weight is 347 g/mol. The van der Waals surface area contributed by atoms with E-state index in [4.69, 9.17) is 4.52 Å². The quantitative estimate of drug-likeness (QED) is 0.766. The van der Waals surface area contributed by atoms with Gasteiger partial charge in [-0.15, -0.1) is 0 Å². The van der Waals surface area contributed by atoms with Crippen LogP contribution in [0.2, 0.25) is 0 Å². The smallest absolute Gasteiger partial charge is 0.339 e. The van der Waals surface area contributed by atoms with Gasteiger partial charge >= 0.3 is 6.18 Å². The first kappa shape index (κ1) is 16.7. The first-order chi connectivity index (χ1) is 11.8. The van der Waals surface area contributed by atoms with Gasteiger partial charge in [-0.05, 0) is 48.5 Å². The summed E-state index contributed by atoms with van der Waals surface area (Å²) in [5, 5.41) is 6.40. The van der Waals surface area contributed by atoms with E-state index in [-0.39, 0.29) is 5.56 Å². The highest BCUT2D eigenvalue weighted by atomic mass is 19.4. The summed E-state index contributed by atoms with van der Waals surface area (Å²) in [5.41, 5.74) is 0.535. The Balaban J connectivity index is 1.70. The predicted molar refractivity (Wildman–Crippen MR) is 83.9 cm³/mol. The van der Waals surface area contributed by atoms with Gasteiger partial charge in [0.15, 0.2) is 0 Å². The number of carbonyl (C=O) groups excluding carboxylic acids is 1. The number of hydrogen-bond acceptors (Lipinski definition) is 4. The largest absolute Gasteiger partial charge is 0.416 e. The molecule has 0 bridgehead atoms. The lowest BCUT2D eigenvalue weighted by Crippen LogP contribution is -2.12. The van der Waals surface area contributed by atoms with Gasteiger partial charge in [0, 0.05) is 23.7 Å². The van der Waals surface area contributed by atoms with Gasteiger partial charge < -0.3 is 9.84 Å². The van der Waals surface area contributed by atoms with Crippen molar-refractivity contribution >= 4 is 11.6 Å². The number of hydrogen-bond donors (Lipinski definition) is 1. The van der Waals surface area contributed by atoms with Crippen molar-refractivity contribution in [1.82, 2.24) is 10.1 Å². The van der Waals surface area contributed by atoms with Gasteiger partial charge in [0.05, 0.1) is 5.56 Å². The number of halogens is 3. The third kappa shape index (κ3) is 3.85. The van der Waals surface area contributed by atoms with Crippen LogP contribution in [-0.2, 0) is 6.18 Å². The molecule has 0 fully saturated rings. The van der Waals surface area contributed by atoms with Crippen LogP contribution in [0.5, 0.6) is 0 Å². The van der Waals surface area contributed by atoms with Crippen LogP contribution < -0.4 is 5.32 Å². The van der Waals surface area contributed by atoms with Gasteiger partial charge in [-0.3, -0.25) is 4.79 Å². The molecule has 8 heteroatoms. The van der Waals surface area contributed by atoms with E-state index in [9.17, 15) is 18.0 Å². The van der Waals surface area contributed by atoms with E-state index < -0.39 is 17.6 Å². The minimum absolute atomic E-state index is 0.130. The molecule has 128 valence electrons. The molecule has 1 N–H and O–H groups in total. The molecule has 5 nitrogen and oxygen atoms in total. The number of carbonyl (C=O) groups is 1. The standard InChI is InChI=1S/C17H12F3N3O2/c1-10-21-15(23-25-10)11-4-8-14(9-5-11)22-16(24)12-2-6-13(7-3-12)17(18,19)20/h2-9H,1H3,(H,22,24). The normalized spacial score (nSPS) is 11.4. The first-order valence-corrected chi connectivity index (χ1v) is 7.22. The number of alkyl halides is 3. The van der Waals surface area contributed by atoms with Crippen LogP contribution in [0.1, 0.15) is 21.8 Å². The first-order valence-electron chi connectivity index (χ1n) is 7.22. The van der Waals surface area contributed by atoms with Gasteiger partial charge in [-0.1, -0.05) is 5.16 Å². The number of nitrogens with one attached hydrogen (secondary N) is 1. The summed E-state index contributed by atoms with van der Waals surface area (Å²) in [5.74, 6) is 0.365. The molecule has 0 aliphatic heterocycles. The van der Waals surface area contributed by atoms with E-state index in [0.29, 0.717) is 23.0 Å². The third-order valence-corrected chi connectivity index (χ3v) is 3.40. The van der Waals surface area contributed by atoms with Gasteiger partial charge in [0.1, 0.15) is 0 Å². The second kappa shape index (κ2) is 6.39. The van der Waals surface area contributed by atoms with Crippen LogP contribution in [0, 0.1) is 6.92 Å². The Hall–Kier alpha value is -3.16. The summed E-state index contributed by atoms with van der Waals surface area (Å²) < 4.78 is 42.5. The molecule has 0 aliphatic rings. The summed E-state index contributed by atoms with van der Waals surface area (Å²) >= 11 is 0. The van der Waals surface area contributed by atoms with Crippen LogP contribution in [0.25, 0.3) is 11.4 Å². The zero-order valence-corrected chi connectivity index (χ0v) is 13.0. The lowest BCUT2D eigenvalue weighted by molar-refractivity contribution is -0.137. The predicted octanol–water partition coefficient (Wildman–Crippen LogP) is 4.32. The highest BCUT2D eigenvalue weighted by Crippen LogP contribution is 2.29. The SMILES string of the molecule is Cc1nc(-c2ccc(NC(=O)c3ccc(C(F)(F)F)cc3)cc2)no1. The van der Waals surface area contributed by atoms with Crippen LogP contribution in [0.3, 0.4) is 0 Å². The fourth-order valence-electron chi connectivity index (χ4n) is 2.13.